The fourth-order valence-electron chi connectivity index (χ4n) is 6.22. The maximum Gasteiger partial charge on any atom is 0.257 e. The molecule has 1 aliphatic heterocycles. The van der Waals surface area contributed by atoms with Crippen molar-refractivity contribution in [2.45, 2.75) is 63.3 Å². The number of amides is 2. The lowest BCUT2D eigenvalue weighted by molar-refractivity contribution is -0.151. The minimum absolute atomic E-state index is 0.146. The summed E-state index contributed by atoms with van der Waals surface area (Å²) >= 11 is 0. The van der Waals surface area contributed by atoms with E-state index in [-0.39, 0.29) is 17.9 Å². The van der Waals surface area contributed by atoms with Gasteiger partial charge in [0.25, 0.3) is 5.91 Å². The summed E-state index contributed by atoms with van der Waals surface area (Å²) in [7, 11) is 0. The van der Waals surface area contributed by atoms with Crippen LogP contribution in [0, 0.1) is 17.8 Å². The summed E-state index contributed by atoms with van der Waals surface area (Å²) in [6.45, 7) is 4.63. The molecule has 2 aliphatic carbocycles. The van der Waals surface area contributed by atoms with Crippen LogP contribution >= 0.6 is 0 Å². The maximum atomic E-state index is 13.4. The van der Waals surface area contributed by atoms with Crippen LogP contribution in [-0.2, 0) is 21.7 Å². The van der Waals surface area contributed by atoms with E-state index in [1.165, 1.54) is 5.56 Å². The van der Waals surface area contributed by atoms with Gasteiger partial charge in [0.2, 0.25) is 5.91 Å². The van der Waals surface area contributed by atoms with Crippen LogP contribution in [0.15, 0.2) is 60.7 Å². The van der Waals surface area contributed by atoms with Crippen molar-refractivity contribution in [1.29, 1.82) is 0 Å². The van der Waals surface area contributed by atoms with E-state index in [0.29, 0.717) is 17.4 Å². The second-order valence-corrected chi connectivity index (χ2v) is 10.7. The number of hydrogen-bond donors (Lipinski definition) is 3. The molecule has 6 heteroatoms. The van der Waals surface area contributed by atoms with Gasteiger partial charge in [-0.1, -0.05) is 79.9 Å². The van der Waals surface area contributed by atoms with Gasteiger partial charge in [0, 0.05) is 31.6 Å². The van der Waals surface area contributed by atoms with Crippen LogP contribution in [0.3, 0.4) is 0 Å². The van der Waals surface area contributed by atoms with Gasteiger partial charge in [-0.2, -0.15) is 0 Å². The molecule has 3 N–H and O–H groups in total. The number of fused-ring (bicyclic) bond motifs is 1. The number of nitrogens with zero attached hydrogens (tertiary/aromatic N) is 1. The van der Waals surface area contributed by atoms with Gasteiger partial charge in [0.15, 0.2) is 5.60 Å². The molecule has 0 radical (unpaired) electrons. The van der Waals surface area contributed by atoms with Crippen molar-refractivity contribution in [2.75, 3.05) is 13.1 Å². The van der Waals surface area contributed by atoms with E-state index in [4.69, 9.17) is 0 Å². The molecule has 186 valence electrons. The minimum Gasteiger partial charge on any atom is -0.375 e. The highest BCUT2D eigenvalue weighted by atomic mass is 16.3. The first-order valence-electron chi connectivity index (χ1n) is 13.1. The average molecular weight is 476 g/mol. The zero-order valence-corrected chi connectivity index (χ0v) is 20.5. The number of carbonyl (C=O) groups is 2. The molecule has 2 amide bonds. The third-order valence-electron chi connectivity index (χ3n) is 8.32. The lowest BCUT2D eigenvalue weighted by Gasteiger charge is -2.38. The summed E-state index contributed by atoms with van der Waals surface area (Å²) in [6.07, 6.45) is 4.77. The summed E-state index contributed by atoms with van der Waals surface area (Å²) in [5, 5.41) is 17.7. The lowest BCUT2D eigenvalue weighted by atomic mass is 9.72. The third-order valence-corrected chi connectivity index (χ3v) is 8.32. The Kier molecular flexibility index (Phi) is 6.94. The van der Waals surface area contributed by atoms with Crippen molar-refractivity contribution >= 4 is 11.8 Å². The second kappa shape index (κ2) is 10.1. The second-order valence-electron chi connectivity index (χ2n) is 10.7. The van der Waals surface area contributed by atoms with Crippen molar-refractivity contribution in [3.05, 3.63) is 71.8 Å². The molecule has 35 heavy (non-hydrogen) atoms. The van der Waals surface area contributed by atoms with Crippen LogP contribution in [0.5, 0.6) is 0 Å². The van der Waals surface area contributed by atoms with Crippen LogP contribution in [0.25, 0.3) is 0 Å². The minimum atomic E-state index is -1.62. The highest BCUT2D eigenvalue weighted by molar-refractivity contribution is 5.92. The van der Waals surface area contributed by atoms with E-state index in [0.717, 1.165) is 51.7 Å². The molecule has 4 unspecified atom stereocenters. The van der Waals surface area contributed by atoms with Crippen molar-refractivity contribution in [2.24, 2.45) is 17.8 Å². The molecule has 3 fully saturated rings. The molecule has 0 aromatic heterocycles. The lowest BCUT2D eigenvalue weighted by Crippen LogP contribution is -2.55. The smallest absolute Gasteiger partial charge is 0.257 e. The molecule has 4 atom stereocenters. The van der Waals surface area contributed by atoms with Gasteiger partial charge in [-0.05, 0) is 42.7 Å². The van der Waals surface area contributed by atoms with E-state index >= 15 is 0 Å². The number of hydrogen-bond acceptors (Lipinski definition) is 4. The molecule has 2 saturated carbocycles. The van der Waals surface area contributed by atoms with Crippen molar-refractivity contribution in [3.8, 4) is 0 Å². The van der Waals surface area contributed by atoms with E-state index in [1.807, 2.05) is 36.4 Å². The van der Waals surface area contributed by atoms with Crippen molar-refractivity contribution < 1.29 is 14.7 Å². The van der Waals surface area contributed by atoms with Gasteiger partial charge in [-0.25, -0.2) is 0 Å². The Bertz CT molecular complexity index is 1010. The molecule has 2 aromatic carbocycles. The fourth-order valence-corrected chi connectivity index (χ4v) is 6.22. The summed E-state index contributed by atoms with van der Waals surface area (Å²) in [4.78, 5) is 28.8. The largest absolute Gasteiger partial charge is 0.375 e. The van der Waals surface area contributed by atoms with Gasteiger partial charge >= 0.3 is 0 Å². The number of likely N-dealkylation sites (tertiary alicyclic amines) is 1. The van der Waals surface area contributed by atoms with Gasteiger partial charge < -0.3 is 15.7 Å². The average Bonchev–Trinajstić information content (AvgIpc) is 3.32. The number of nitrogens with one attached hydrogen (secondary N) is 2. The van der Waals surface area contributed by atoms with E-state index in [1.54, 1.807) is 6.92 Å². The standard InChI is InChI=1S/C29H37N3O3/c1-20(27(33)31-26-24-18-32(19-25(24)26)17-21-11-5-2-6-12-21)30-28(34)29(35,22-13-7-3-8-14-22)23-15-9-4-10-16-23/h2-3,5-8,11-14,20,23-26,35H,4,9-10,15-19H2,1H3,(H,30,34)(H,31,33). The quantitative estimate of drug-likeness (QED) is 0.548. The Morgan fingerprint density at radius 3 is 2.20 bits per heavy atom. The Morgan fingerprint density at radius 2 is 1.57 bits per heavy atom. The summed E-state index contributed by atoms with van der Waals surface area (Å²) in [5.41, 5.74) is 0.298. The number of piperidine rings is 1. The number of benzene rings is 2. The highest BCUT2D eigenvalue weighted by Crippen LogP contribution is 2.46. The summed E-state index contributed by atoms with van der Waals surface area (Å²) < 4.78 is 0. The maximum absolute atomic E-state index is 13.4. The Labute approximate surface area is 208 Å². The predicted octanol–water partition coefficient (Wildman–Crippen LogP) is 3.21. The number of aliphatic hydroxyl groups is 1. The van der Waals surface area contributed by atoms with Gasteiger partial charge in [-0.3, -0.25) is 14.5 Å². The molecule has 1 saturated heterocycles. The van der Waals surface area contributed by atoms with Crippen LogP contribution in [0.4, 0.5) is 0 Å². The first-order valence-corrected chi connectivity index (χ1v) is 13.1. The van der Waals surface area contributed by atoms with Crippen molar-refractivity contribution in [3.63, 3.8) is 0 Å². The summed E-state index contributed by atoms with van der Waals surface area (Å²) in [5.74, 6) is 0.171. The van der Waals surface area contributed by atoms with Gasteiger partial charge in [0.05, 0.1) is 0 Å². The monoisotopic (exact) mass is 475 g/mol. The third kappa shape index (κ3) is 5.00. The first-order chi connectivity index (χ1) is 17.0. The predicted molar refractivity (Wildman–Crippen MR) is 135 cm³/mol. The molecule has 2 aromatic rings. The SMILES string of the molecule is CC(NC(=O)C(O)(c1ccccc1)C1CCCCC1)C(=O)NC1C2CN(Cc3ccccc3)CC21. The normalized spacial score (nSPS) is 26.9. The Morgan fingerprint density at radius 1 is 0.971 bits per heavy atom. The Hall–Kier alpha value is -2.70. The molecule has 3 aliphatic rings. The molecular weight excluding hydrogens is 438 g/mol. The van der Waals surface area contributed by atoms with Gasteiger partial charge in [0.1, 0.15) is 6.04 Å². The molecule has 0 bridgehead atoms. The van der Waals surface area contributed by atoms with E-state index < -0.39 is 17.6 Å². The number of rotatable bonds is 8. The van der Waals surface area contributed by atoms with Crippen molar-refractivity contribution in [1.82, 2.24) is 15.5 Å². The van der Waals surface area contributed by atoms with E-state index in [2.05, 4.69) is 39.8 Å². The number of carbonyl (C=O) groups excluding carboxylic acids is 2. The molecule has 6 nitrogen and oxygen atoms in total. The van der Waals surface area contributed by atoms with Gasteiger partial charge in [-0.15, -0.1) is 0 Å². The highest BCUT2D eigenvalue weighted by Gasteiger charge is 2.56. The van der Waals surface area contributed by atoms with Crippen LogP contribution in [-0.4, -0.2) is 47.0 Å². The first kappa shape index (κ1) is 24.0. The molecule has 0 spiro atoms. The Balaban J connectivity index is 1.16. The van der Waals surface area contributed by atoms with Crippen LogP contribution < -0.4 is 10.6 Å². The molecule has 1 heterocycles. The fraction of sp³-hybridized carbons (Fsp3) is 0.517. The zero-order valence-electron chi connectivity index (χ0n) is 20.5. The topological polar surface area (TPSA) is 81.7 Å². The van der Waals surface area contributed by atoms with Crippen LogP contribution in [0.2, 0.25) is 0 Å². The van der Waals surface area contributed by atoms with Crippen LogP contribution in [0.1, 0.15) is 50.2 Å². The molecule has 5 rings (SSSR count). The summed E-state index contributed by atoms with van der Waals surface area (Å²) in [6, 6.07) is 19.1. The zero-order chi connectivity index (χ0) is 24.4. The molecular formula is C29H37N3O3. The van der Waals surface area contributed by atoms with E-state index in [9.17, 15) is 14.7 Å².